The zero-order chi connectivity index (χ0) is 17.2. The summed E-state index contributed by atoms with van der Waals surface area (Å²) in [6, 6.07) is 0.337. The van der Waals surface area contributed by atoms with Crippen LogP contribution in [0.1, 0.15) is 37.0 Å². The minimum atomic E-state index is -4.25. The van der Waals surface area contributed by atoms with Crippen molar-refractivity contribution < 1.29 is 22.3 Å². The Morgan fingerprint density at radius 1 is 1.29 bits per heavy atom. The topological polar surface area (TPSA) is 54.6 Å². The van der Waals surface area contributed by atoms with Crippen molar-refractivity contribution in [2.24, 2.45) is 0 Å². The minimum absolute atomic E-state index is 0.102. The van der Waals surface area contributed by atoms with Crippen LogP contribution in [0.15, 0.2) is 4.42 Å². The van der Waals surface area contributed by atoms with Gasteiger partial charge in [0.1, 0.15) is 6.61 Å². The van der Waals surface area contributed by atoms with Crippen LogP contribution < -0.4 is 0 Å². The SMILES string of the molecule is CN(Cc1nnc(C2CC2)o1)C1CCN(CCOCC(F)(F)F)C1. The van der Waals surface area contributed by atoms with Gasteiger partial charge in [-0.15, -0.1) is 10.2 Å². The fraction of sp³-hybridized carbons (Fsp3) is 0.867. The fourth-order valence-corrected chi connectivity index (χ4v) is 2.92. The summed E-state index contributed by atoms with van der Waals surface area (Å²) in [5.74, 6) is 1.83. The van der Waals surface area contributed by atoms with E-state index in [9.17, 15) is 13.2 Å². The van der Waals surface area contributed by atoms with E-state index in [0.717, 1.165) is 38.2 Å². The highest BCUT2D eigenvalue weighted by molar-refractivity contribution is 5.00. The highest BCUT2D eigenvalue weighted by atomic mass is 19.4. The summed E-state index contributed by atoms with van der Waals surface area (Å²) >= 11 is 0. The van der Waals surface area contributed by atoms with Crippen LogP contribution in [0, 0.1) is 0 Å². The summed E-state index contributed by atoms with van der Waals surface area (Å²) in [6.45, 7) is 1.72. The average molecular weight is 348 g/mol. The molecule has 136 valence electrons. The highest BCUT2D eigenvalue weighted by Crippen LogP contribution is 2.39. The van der Waals surface area contributed by atoms with Crippen LogP contribution in [0.2, 0.25) is 0 Å². The van der Waals surface area contributed by atoms with Gasteiger partial charge < -0.3 is 9.15 Å². The first-order valence-corrected chi connectivity index (χ1v) is 8.30. The molecule has 2 heterocycles. The number of ether oxygens (including phenoxy) is 1. The van der Waals surface area contributed by atoms with Crippen molar-refractivity contribution in [3.05, 3.63) is 11.8 Å². The molecule has 0 radical (unpaired) electrons. The first-order valence-electron chi connectivity index (χ1n) is 8.30. The Morgan fingerprint density at radius 3 is 2.79 bits per heavy atom. The third-order valence-electron chi connectivity index (χ3n) is 4.48. The van der Waals surface area contributed by atoms with Gasteiger partial charge in [0.05, 0.1) is 13.2 Å². The fourth-order valence-electron chi connectivity index (χ4n) is 2.92. The summed E-state index contributed by atoms with van der Waals surface area (Å²) in [4.78, 5) is 4.29. The predicted octanol–water partition coefficient (Wildman–Crippen LogP) is 2.03. The predicted molar refractivity (Wildman–Crippen MR) is 79.5 cm³/mol. The van der Waals surface area contributed by atoms with Crippen molar-refractivity contribution in [1.29, 1.82) is 0 Å². The lowest BCUT2D eigenvalue weighted by Gasteiger charge is -2.23. The monoisotopic (exact) mass is 348 g/mol. The number of rotatable bonds is 8. The molecule has 0 amide bonds. The number of aromatic nitrogens is 2. The van der Waals surface area contributed by atoms with Crippen molar-refractivity contribution in [3.63, 3.8) is 0 Å². The van der Waals surface area contributed by atoms with Gasteiger partial charge >= 0.3 is 6.18 Å². The first kappa shape index (κ1) is 17.6. The Balaban J connectivity index is 1.36. The second-order valence-corrected chi connectivity index (χ2v) is 6.63. The summed E-state index contributed by atoms with van der Waals surface area (Å²) < 4.78 is 46.4. The average Bonchev–Trinajstić information content (AvgIpc) is 3.07. The number of alkyl halides is 3. The molecule has 1 saturated heterocycles. The Bertz CT molecular complexity index is 533. The molecule has 1 aliphatic carbocycles. The van der Waals surface area contributed by atoms with Crippen LogP contribution in [0.25, 0.3) is 0 Å². The lowest BCUT2D eigenvalue weighted by Crippen LogP contribution is -2.35. The molecule has 0 spiro atoms. The molecule has 0 bridgehead atoms. The lowest BCUT2D eigenvalue weighted by molar-refractivity contribution is -0.174. The molecule has 0 aromatic carbocycles. The van der Waals surface area contributed by atoms with Gasteiger partial charge in [-0.3, -0.25) is 9.80 Å². The third-order valence-corrected chi connectivity index (χ3v) is 4.48. The second-order valence-electron chi connectivity index (χ2n) is 6.63. The van der Waals surface area contributed by atoms with Crippen molar-refractivity contribution in [2.75, 3.05) is 39.9 Å². The molecule has 24 heavy (non-hydrogen) atoms. The Kier molecular flexibility index (Phi) is 5.41. The Hall–Kier alpha value is -1.19. The van der Waals surface area contributed by atoms with E-state index < -0.39 is 12.8 Å². The molecule has 6 nitrogen and oxygen atoms in total. The van der Waals surface area contributed by atoms with Gasteiger partial charge in [0.25, 0.3) is 0 Å². The molecule has 1 aromatic rings. The molecule has 1 atom stereocenters. The summed E-state index contributed by atoms with van der Waals surface area (Å²) in [5, 5.41) is 8.17. The van der Waals surface area contributed by atoms with Gasteiger partial charge in [0, 0.05) is 25.0 Å². The maximum atomic E-state index is 12.0. The zero-order valence-electron chi connectivity index (χ0n) is 13.8. The van der Waals surface area contributed by atoms with Gasteiger partial charge in [-0.1, -0.05) is 0 Å². The molecule has 1 saturated carbocycles. The molecule has 2 fully saturated rings. The molecule has 1 unspecified atom stereocenters. The lowest BCUT2D eigenvalue weighted by atomic mass is 10.2. The van der Waals surface area contributed by atoms with Crippen LogP contribution in [0.4, 0.5) is 13.2 Å². The molecule has 1 aromatic heterocycles. The Labute approximate surface area is 138 Å². The maximum Gasteiger partial charge on any atom is 0.411 e. The molecular formula is C15H23F3N4O2. The summed E-state index contributed by atoms with van der Waals surface area (Å²) in [6.07, 6.45) is -1.02. The molecule has 0 N–H and O–H groups in total. The van der Waals surface area contributed by atoms with Crippen LogP contribution >= 0.6 is 0 Å². The standard InChI is InChI=1S/C15H23F3N4O2/c1-21(9-13-19-20-14(24-13)11-2-3-11)12-4-5-22(8-12)6-7-23-10-15(16,17)18/h11-12H,2-10H2,1H3. The number of hydrogen-bond acceptors (Lipinski definition) is 6. The van der Waals surface area contributed by atoms with E-state index in [1.807, 2.05) is 7.05 Å². The van der Waals surface area contributed by atoms with Gasteiger partial charge in [0.15, 0.2) is 0 Å². The minimum Gasteiger partial charge on any atom is -0.424 e. The quantitative estimate of drug-likeness (QED) is 0.670. The third kappa shape index (κ3) is 5.15. The summed E-state index contributed by atoms with van der Waals surface area (Å²) in [7, 11) is 2.01. The van der Waals surface area contributed by atoms with Gasteiger partial charge in [-0.2, -0.15) is 13.2 Å². The van der Waals surface area contributed by atoms with Gasteiger partial charge in [-0.25, -0.2) is 0 Å². The number of likely N-dealkylation sites (tertiary alicyclic amines) is 1. The smallest absolute Gasteiger partial charge is 0.411 e. The maximum absolute atomic E-state index is 12.0. The van der Waals surface area contributed by atoms with Crippen LogP contribution in [0.5, 0.6) is 0 Å². The van der Waals surface area contributed by atoms with E-state index in [4.69, 9.17) is 4.42 Å². The van der Waals surface area contributed by atoms with Gasteiger partial charge in [-0.05, 0) is 32.9 Å². The number of likely N-dealkylation sites (N-methyl/N-ethyl adjacent to an activating group) is 1. The van der Waals surface area contributed by atoms with E-state index in [0.29, 0.717) is 30.9 Å². The molecule has 9 heteroatoms. The van der Waals surface area contributed by atoms with E-state index in [-0.39, 0.29) is 6.61 Å². The zero-order valence-corrected chi connectivity index (χ0v) is 13.8. The number of hydrogen-bond donors (Lipinski definition) is 0. The molecule has 3 rings (SSSR count). The van der Waals surface area contributed by atoms with E-state index >= 15 is 0 Å². The van der Waals surface area contributed by atoms with Gasteiger partial charge in [0.2, 0.25) is 11.8 Å². The molecule has 1 aliphatic heterocycles. The van der Waals surface area contributed by atoms with Crippen LogP contribution in [-0.4, -0.2) is 72.1 Å². The van der Waals surface area contributed by atoms with Crippen LogP contribution in [0.3, 0.4) is 0 Å². The molecule has 2 aliphatic rings. The van der Waals surface area contributed by atoms with Crippen LogP contribution in [-0.2, 0) is 11.3 Å². The number of nitrogens with zero attached hydrogens (tertiary/aromatic N) is 4. The van der Waals surface area contributed by atoms with Crippen molar-refractivity contribution in [1.82, 2.24) is 20.0 Å². The van der Waals surface area contributed by atoms with E-state index in [1.165, 1.54) is 0 Å². The van der Waals surface area contributed by atoms with E-state index in [2.05, 4.69) is 24.7 Å². The van der Waals surface area contributed by atoms with Crippen molar-refractivity contribution in [3.8, 4) is 0 Å². The van der Waals surface area contributed by atoms with Crippen molar-refractivity contribution >= 4 is 0 Å². The molecular weight excluding hydrogens is 325 g/mol. The summed E-state index contributed by atoms with van der Waals surface area (Å²) in [5.41, 5.74) is 0. The first-order chi connectivity index (χ1) is 11.4. The van der Waals surface area contributed by atoms with E-state index in [1.54, 1.807) is 0 Å². The normalized spacial score (nSPS) is 22.6. The highest BCUT2D eigenvalue weighted by Gasteiger charge is 2.31. The van der Waals surface area contributed by atoms with Crippen molar-refractivity contribution in [2.45, 2.75) is 43.9 Å². The number of halogens is 3. The largest absolute Gasteiger partial charge is 0.424 e. The second kappa shape index (κ2) is 7.37. The Morgan fingerprint density at radius 2 is 2.08 bits per heavy atom.